The fourth-order valence-corrected chi connectivity index (χ4v) is 3.03. The summed E-state index contributed by atoms with van der Waals surface area (Å²) in [4.78, 5) is 16.9. The van der Waals surface area contributed by atoms with Gasteiger partial charge in [0.2, 0.25) is 11.9 Å². The quantitative estimate of drug-likeness (QED) is 0.655. The van der Waals surface area contributed by atoms with Crippen molar-refractivity contribution in [2.45, 2.75) is 19.8 Å². The molecule has 144 valence electrons. The maximum atomic E-state index is 14.1. The fourth-order valence-electron chi connectivity index (χ4n) is 3.03. The van der Waals surface area contributed by atoms with Gasteiger partial charge < -0.3 is 5.32 Å². The lowest BCUT2D eigenvalue weighted by Gasteiger charge is -2.10. The molecule has 4 rings (SSSR count). The maximum Gasteiger partial charge on any atom is 0.240 e. The number of benzene rings is 2. The summed E-state index contributed by atoms with van der Waals surface area (Å²) in [6.45, 7) is 2.81. The SMILES string of the molecule is Cc1ccc(-n2cc(-c3ccccc3)nc2NC(=O)CNCC2CC2)cc1F. The molecular formula is C22H23FN4O. The second-order valence-electron chi connectivity index (χ2n) is 7.24. The van der Waals surface area contributed by atoms with Crippen LogP contribution >= 0.6 is 0 Å². The molecule has 1 saturated carbocycles. The van der Waals surface area contributed by atoms with Crippen LogP contribution in [0.15, 0.2) is 54.7 Å². The Morgan fingerprint density at radius 2 is 2.00 bits per heavy atom. The normalized spacial score (nSPS) is 13.5. The van der Waals surface area contributed by atoms with Gasteiger partial charge in [0.25, 0.3) is 0 Å². The number of carbonyl (C=O) groups is 1. The molecule has 5 nitrogen and oxygen atoms in total. The number of hydrogen-bond acceptors (Lipinski definition) is 3. The Morgan fingerprint density at radius 1 is 1.21 bits per heavy atom. The Bertz CT molecular complexity index is 979. The molecule has 3 aromatic rings. The van der Waals surface area contributed by atoms with E-state index in [9.17, 15) is 9.18 Å². The zero-order valence-electron chi connectivity index (χ0n) is 15.8. The molecule has 0 aliphatic heterocycles. The van der Waals surface area contributed by atoms with Gasteiger partial charge in [0, 0.05) is 11.8 Å². The smallest absolute Gasteiger partial charge is 0.240 e. The molecule has 0 saturated heterocycles. The van der Waals surface area contributed by atoms with Crippen LogP contribution in [-0.2, 0) is 4.79 Å². The van der Waals surface area contributed by atoms with Crippen molar-refractivity contribution in [3.63, 3.8) is 0 Å². The molecule has 0 unspecified atom stereocenters. The first-order valence-electron chi connectivity index (χ1n) is 9.52. The van der Waals surface area contributed by atoms with Crippen LogP contribution in [0.3, 0.4) is 0 Å². The van der Waals surface area contributed by atoms with Gasteiger partial charge in [-0.05, 0) is 49.9 Å². The van der Waals surface area contributed by atoms with Crippen LogP contribution in [0.25, 0.3) is 16.9 Å². The van der Waals surface area contributed by atoms with Crippen LogP contribution in [0.2, 0.25) is 0 Å². The van der Waals surface area contributed by atoms with E-state index in [0.29, 0.717) is 28.8 Å². The zero-order chi connectivity index (χ0) is 19.5. The molecular weight excluding hydrogens is 355 g/mol. The lowest BCUT2D eigenvalue weighted by atomic mass is 10.2. The lowest BCUT2D eigenvalue weighted by molar-refractivity contribution is -0.115. The highest BCUT2D eigenvalue weighted by Gasteiger charge is 2.21. The molecule has 0 spiro atoms. The van der Waals surface area contributed by atoms with Crippen molar-refractivity contribution in [1.29, 1.82) is 0 Å². The Balaban J connectivity index is 1.61. The van der Waals surface area contributed by atoms with Crippen molar-refractivity contribution >= 4 is 11.9 Å². The number of carbonyl (C=O) groups excluding carboxylic acids is 1. The van der Waals surface area contributed by atoms with Crippen molar-refractivity contribution in [2.75, 3.05) is 18.4 Å². The minimum absolute atomic E-state index is 0.167. The second kappa shape index (κ2) is 7.94. The van der Waals surface area contributed by atoms with Crippen LogP contribution in [0, 0.1) is 18.7 Å². The van der Waals surface area contributed by atoms with Gasteiger partial charge in [-0.1, -0.05) is 36.4 Å². The highest BCUT2D eigenvalue weighted by Crippen LogP contribution is 2.27. The summed E-state index contributed by atoms with van der Waals surface area (Å²) in [5.74, 6) is 0.617. The monoisotopic (exact) mass is 378 g/mol. The van der Waals surface area contributed by atoms with Gasteiger partial charge in [0.05, 0.1) is 17.9 Å². The van der Waals surface area contributed by atoms with E-state index >= 15 is 0 Å². The standard InChI is InChI=1S/C22H23FN4O/c1-15-7-10-18(11-19(15)23)27-14-20(17-5-3-2-4-6-17)25-22(27)26-21(28)13-24-12-16-8-9-16/h2-7,10-11,14,16,24H,8-9,12-13H2,1H3,(H,25,26,28). The molecule has 1 aliphatic rings. The minimum Gasteiger partial charge on any atom is -0.308 e. The first-order chi connectivity index (χ1) is 13.6. The van der Waals surface area contributed by atoms with Gasteiger partial charge in [0.1, 0.15) is 5.82 Å². The average molecular weight is 378 g/mol. The molecule has 1 aromatic heterocycles. The molecule has 2 N–H and O–H groups in total. The Kier molecular flexibility index (Phi) is 5.21. The van der Waals surface area contributed by atoms with Crippen LogP contribution < -0.4 is 10.6 Å². The summed E-state index contributed by atoms with van der Waals surface area (Å²) < 4.78 is 15.8. The number of amides is 1. The number of anilines is 1. The molecule has 0 radical (unpaired) electrons. The van der Waals surface area contributed by atoms with E-state index < -0.39 is 0 Å². The largest absolute Gasteiger partial charge is 0.308 e. The van der Waals surface area contributed by atoms with Crippen molar-refractivity contribution < 1.29 is 9.18 Å². The third-order valence-electron chi connectivity index (χ3n) is 4.88. The summed E-state index contributed by atoms with van der Waals surface area (Å²) >= 11 is 0. The summed E-state index contributed by atoms with van der Waals surface area (Å²) in [7, 11) is 0. The Morgan fingerprint density at radius 3 is 2.71 bits per heavy atom. The number of halogens is 1. The van der Waals surface area contributed by atoms with Crippen LogP contribution in [-0.4, -0.2) is 28.5 Å². The van der Waals surface area contributed by atoms with E-state index in [1.54, 1.807) is 17.6 Å². The number of hydrogen-bond donors (Lipinski definition) is 2. The Hall–Kier alpha value is -2.99. The highest BCUT2D eigenvalue weighted by molar-refractivity contribution is 5.91. The minimum atomic E-state index is -0.296. The predicted molar refractivity (Wildman–Crippen MR) is 108 cm³/mol. The van der Waals surface area contributed by atoms with E-state index in [1.807, 2.05) is 42.6 Å². The molecule has 1 fully saturated rings. The van der Waals surface area contributed by atoms with Crippen molar-refractivity contribution in [1.82, 2.24) is 14.9 Å². The van der Waals surface area contributed by atoms with Crippen molar-refractivity contribution in [3.8, 4) is 16.9 Å². The molecule has 1 heterocycles. The first kappa shape index (κ1) is 18.4. The number of nitrogens with zero attached hydrogens (tertiary/aromatic N) is 2. The van der Waals surface area contributed by atoms with Crippen LogP contribution in [0.5, 0.6) is 0 Å². The zero-order valence-corrected chi connectivity index (χ0v) is 15.8. The second-order valence-corrected chi connectivity index (χ2v) is 7.24. The van der Waals surface area contributed by atoms with Crippen molar-refractivity contribution in [3.05, 3.63) is 66.1 Å². The van der Waals surface area contributed by atoms with Gasteiger partial charge >= 0.3 is 0 Å². The number of aryl methyl sites for hydroxylation is 1. The van der Waals surface area contributed by atoms with Gasteiger partial charge in [-0.2, -0.15) is 0 Å². The summed E-state index contributed by atoms with van der Waals surface area (Å²) in [6, 6.07) is 14.7. The predicted octanol–water partition coefficient (Wildman–Crippen LogP) is 3.92. The van der Waals surface area contributed by atoms with E-state index in [2.05, 4.69) is 15.6 Å². The van der Waals surface area contributed by atoms with E-state index in [4.69, 9.17) is 0 Å². The molecule has 1 amide bonds. The molecule has 0 atom stereocenters. The van der Waals surface area contributed by atoms with Gasteiger partial charge in [-0.15, -0.1) is 0 Å². The van der Waals surface area contributed by atoms with E-state index in [1.165, 1.54) is 18.9 Å². The average Bonchev–Trinajstić information content (AvgIpc) is 3.43. The van der Waals surface area contributed by atoms with E-state index in [0.717, 1.165) is 12.1 Å². The summed E-state index contributed by atoms with van der Waals surface area (Å²) in [5, 5.41) is 6.03. The number of rotatable bonds is 7. The van der Waals surface area contributed by atoms with Gasteiger partial charge in [-0.3, -0.25) is 14.7 Å². The molecule has 6 heteroatoms. The summed E-state index contributed by atoms with van der Waals surface area (Å²) in [5.41, 5.74) is 2.82. The number of nitrogens with one attached hydrogen (secondary N) is 2. The topological polar surface area (TPSA) is 59.0 Å². The third-order valence-corrected chi connectivity index (χ3v) is 4.88. The highest BCUT2D eigenvalue weighted by atomic mass is 19.1. The lowest BCUT2D eigenvalue weighted by Crippen LogP contribution is -2.30. The molecule has 2 aromatic carbocycles. The van der Waals surface area contributed by atoms with Crippen molar-refractivity contribution in [2.24, 2.45) is 5.92 Å². The molecule has 0 bridgehead atoms. The first-order valence-corrected chi connectivity index (χ1v) is 9.52. The fraction of sp³-hybridized carbons (Fsp3) is 0.273. The Labute approximate surface area is 163 Å². The number of imidazole rings is 1. The molecule has 28 heavy (non-hydrogen) atoms. The third kappa shape index (κ3) is 4.28. The van der Waals surface area contributed by atoms with Crippen LogP contribution in [0.4, 0.5) is 10.3 Å². The van der Waals surface area contributed by atoms with E-state index in [-0.39, 0.29) is 18.3 Å². The summed E-state index contributed by atoms with van der Waals surface area (Å²) in [6.07, 6.45) is 4.28. The number of aromatic nitrogens is 2. The molecule has 1 aliphatic carbocycles. The van der Waals surface area contributed by atoms with Gasteiger partial charge in [-0.25, -0.2) is 9.37 Å². The maximum absolute atomic E-state index is 14.1. The van der Waals surface area contributed by atoms with Crippen LogP contribution in [0.1, 0.15) is 18.4 Å². The van der Waals surface area contributed by atoms with Gasteiger partial charge in [0.15, 0.2) is 0 Å².